The third kappa shape index (κ3) is 45.6. The highest BCUT2D eigenvalue weighted by Crippen LogP contribution is 2.14. The van der Waals surface area contributed by atoms with Crippen LogP contribution in [0.4, 0.5) is 0 Å². The van der Waals surface area contributed by atoms with Crippen molar-refractivity contribution in [2.45, 2.75) is 283 Å². The first-order valence-electron chi connectivity index (χ1n) is 26.3. The number of ether oxygens (including phenoxy) is 1. The number of hydrogen-bond acceptors (Lipinski definition) is 5. The number of rotatable bonds is 48. The van der Waals surface area contributed by atoms with Gasteiger partial charge in [-0.3, -0.25) is 9.59 Å². The fraction of sp³-hybridized carbons (Fsp3) is 0.852. The highest BCUT2D eigenvalue weighted by atomic mass is 16.5. The third-order valence-electron chi connectivity index (χ3n) is 11.9. The molecular weight excluding hydrogens is 743 g/mol. The lowest BCUT2D eigenvalue weighted by molar-refractivity contribution is -0.143. The van der Waals surface area contributed by atoms with E-state index in [1.54, 1.807) is 6.08 Å². The first kappa shape index (κ1) is 58.1. The summed E-state index contributed by atoms with van der Waals surface area (Å²) in [5, 5.41) is 22.9. The van der Waals surface area contributed by atoms with Gasteiger partial charge < -0.3 is 20.3 Å². The summed E-state index contributed by atoms with van der Waals surface area (Å²) in [6.07, 6.45) is 60.1. The van der Waals surface area contributed by atoms with Crippen LogP contribution in [0.5, 0.6) is 0 Å². The zero-order valence-corrected chi connectivity index (χ0v) is 39.9. The molecule has 0 spiro atoms. The molecule has 0 radical (unpaired) electrons. The molecule has 0 saturated heterocycles. The topological polar surface area (TPSA) is 95.9 Å². The molecule has 2 unspecified atom stereocenters. The van der Waals surface area contributed by atoms with Gasteiger partial charge in [-0.15, -0.1) is 0 Å². The van der Waals surface area contributed by atoms with E-state index in [1.807, 2.05) is 6.08 Å². The molecule has 0 aliphatic rings. The molecule has 3 N–H and O–H groups in total. The zero-order chi connectivity index (χ0) is 43.7. The predicted octanol–water partition coefficient (Wildman–Crippen LogP) is 15.7. The van der Waals surface area contributed by atoms with E-state index in [2.05, 4.69) is 43.5 Å². The molecular formula is C54H101NO5. The molecule has 0 rings (SSSR count). The van der Waals surface area contributed by atoms with Crippen molar-refractivity contribution in [3.8, 4) is 0 Å². The standard InChI is InChI=1S/C54H101NO5/c1-3-5-7-9-11-13-14-15-16-17-18-22-25-28-32-36-40-44-48-54(59)60-49-45-41-37-33-29-26-23-20-19-21-24-27-31-35-39-43-47-53(58)55-51(50-56)52(57)46-42-38-34-30-12-10-8-6-4-2/h16-17,19,21,42,46,51-52,56-57H,3-15,18,20,22-41,43-45,47-50H2,1-2H3,(H,55,58)/b17-16-,21-19-,46-42+. The Balaban J connectivity index is 3.45. The Morgan fingerprint density at radius 3 is 1.18 bits per heavy atom. The van der Waals surface area contributed by atoms with Crippen LogP contribution in [0.1, 0.15) is 271 Å². The van der Waals surface area contributed by atoms with Gasteiger partial charge in [-0.25, -0.2) is 0 Å². The van der Waals surface area contributed by atoms with Crippen molar-refractivity contribution in [2.75, 3.05) is 13.2 Å². The fourth-order valence-electron chi connectivity index (χ4n) is 7.80. The van der Waals surface area contributed by atoms with Crippen LogP contribution < -0.4 is 5.32 Å². The molecule has 6 heteroatoms. The second kappa shape index (κ2) is 49.7. The number of aliphatic hydroxyl groups excluding tert-OH is 2. The van der Waals surface area contributed by atoms with Gasteiger partial charge in [-0.2, -0.15) is 0 Å². The summed E-state index contributed by atoms with van der Waals surface area (Å²) in [7, 11) is 0. The third-order valence-corrected chi connectivity index (χ3v) is 11.9. The Kier molecular flexibility index (Phi) is 48.1. The minimum atomic E-state index is -0.853. The van der Waals surface area contributed by atoms with Crippen molar-refractivity contribution >= 4 is 11.9 Å². The van der Waals surface area contributed by atoms with Crippen LogP contribution >= 0.6 is 0 Å². The van der Waals surface area contributed by atoms with Crippen molar-refractivity contribution in [3.63, 3.8) is 0 Å². The highest BCUT2D eigenvalue weighted by Gasteiger charge is 2.18. The second-order valence-corrected chi connectivity index (χ2v) is 17.8. The van der Waals surface area contributed by atoms with E-state index in [1.165, 1.54) is 180 Å². The average molecular weight is 844 g/mol. The summed E-state index contributed by atoms with van der Waals surface area (Å²) in [6, 6.07) is -0.638. The molecule has 0 aromatic carbocycles. The van der Waals surface area contributed by atoms with E-state index in [-0.39, 0.29) is 18.5 Å². The first-order chi connectivity index (χ1) is 29.5. The Bertz CT molecular complexity index is 977. The van der Waals surface area contributed by atoms with Crippen LogP contribution in [0.25, 0.3) is 0 Å². The van der Waals surface area contributed by atoms with E-state index in [0.29, 0.717) is 19.4 Å². The monoisotopic (exact) mass is 844 g/mol. The Morgan fingerprint density at radius 2 is 0.783 bits per heavy atom. The normalized spacial score (nSPS) is 12.9. The van der Waals surface area contributed by atoms with E-state index < -0.39 is 12.1 Å². The van der Waals surface area contributed by atoms with E-state index in [4.69, 9.17) is 4.74 Å². The number of allylic oxidation sites excluding steroid dienone is 5. The minimum Gasteiger partial charge on any atom is -0.466 e. The van der Waals surface area contributed by atoms with Crippen LogP contribution in [0.15, 0.2) is 36.5 Å². The number of aliphatic hydroxyl groups is 2. The fourth-order valence-corrected chi connectivity index (χ4v) is 7.80. The van der Waals surface area contributed by atoms with Crippen LogP contribution in [0.2, 0.25) is 0 Å². The summed E-state index contributed by atoms with van der Waals surface area (Å²) >= 11 is 0. The number of unbranched alkanes of at least 4 members (excludes halogenated alkanes) is 33. The lowest BCUT2D eigenvalue weighted by Gasteiger charge is -2.20. The Hall–Kier alpha value is -1.92. The van der Waals surface area contributed by atoms with Crippen LogP contribution in [-0.4, -0.2) is 47.4 Å². The highest BCUT2D eigenvalue weighted by molar-refractivity contribution is 5.76. The van der Waals surface area contributed by atoms with Crippen molar-refractivity contribution in [1.82, 2.24) is 5.32 Å². The van der Waals surface area contributed by atoms with Gasteiger partial charge in [0.25, 0.3) is 0 Å². The molecule has 0 fully saturated rings. The van der Waals surface area contributed by atoms with Crippen molar-refractivity contribution in [2.24, 2.45) is 0 Å². The summed E-state index contributed by atoms with van der Waals surface area (Å²) in [4.78, 5) is 24.4. The number of carbonyl (C=O) groups excluding carboxylic acids is 2. The Morgan fingerprint density at radius 1 is 0.450 bits per heavy atom. The molecule has 0 aliphatic carbocycles. The van der Waals surface area contributed by atoms with E-state index in [0.717, 1.165) is 64.2 Å². The van der Waals surface area contributed by atoms with Crippen molar-refractivity contribution in [3.05, 3.63) is 36.5 Å². The molecule has 60 heavy (non-hydrogen) atoms. The maximum absolute atomic E-state index is 12.4. The average Bonchev–Trinajstić information content (AvgIpc) is 3.25. The smallest absolute Gasteiger partial charge is 0.305 e. The maximum atomic E-state index is 12.4. The summed E-state index contributed by atoms with van der Waals surface area (Å²) in [5.74, 6) is -0.0964. The molecule has 0 aromatic heterocycles. The molecule has 0 heterocycles. The van der Waals surface area contributed by atoms with E-state index in [9.17, 15) is 19.8 Å². The number of hydrogen-bond donors (Lipinski definition) is 3. The molecule has 6 nitrogen and oxygen atoms in total. The molecule has 0 bridgehead atoms. The van der Waals surface area contributed by atoms with Crippen LogP contribution in [0.3, 0.4) is 0 Å². The SMILES string of the molecule is CCCCCCCCC/C=C\CCCCCCCCCC(=O)OCCCCCCCCC/C=C\CCCCCCCC(=O)NC(CO)C(O)/C=C/CCCCCCCCC. The molecule has 1 amide bonds. The molecule has 2 atom stereocenters. The zero-order valence-electron chi connectivity index (χ0n) is 39.9. The van der Waals surface area contributed by atoms with Crippen LogP contribution in [0, 0.1) is 0 Å². The van der Waals surface area contributed by atoms with Gasteiger partial charge in [0.1, 0.15) is 0 Å². The maximum Gasteiger partial charge on any atom is 0.305 e. The number of esters is 1. The Labute approximate surface area is 373 Å². The minimum absolute atomic E-state index is 0.00769. The molecule has 0 aromatic rings. The lowest BCUT2D eigenvalue weighted by atomic mass is 10.1. The van der Waals surface area contributed by atoms with Gasteiger partial charge in [0.15, 0.2) is 0 Å². The number of amides is 1. The van der Waals surface area contributed by atoms with Crippen molar-refractivity contribution < 1.29 is 24.5 Å². The lowest BCUT2D eigenvalue weighted by Crippen LogP contribution is -2.45. The number of carbonyl (C=O) groups is 2. The van der Waals surface area contributed by atoms with Gasteiger partial charge in [-0.05, 0) is 83.5 Å². The molecule has 0 saturated carbocycles. The second-order valence-electron chi connectivity index (χ2n) is 17.8. The molecule has 0 aliphatic heterocycles. The van der Waals surface area contributed by atoms with Gasteiger partial charge in [0.05, 0.1) is 25.4 Å². The van der Waals surface area contributed by atoms with Crippen molar-refractivity contribution in [1.29, 1.82) is 0 Å². The van der Waals surface area contributed by atoms with Gasteiger partial charge in [0, 0.05) is 12.8 Å². The number of nitrogens with one attached hydrogen (secondary N) is 1. The van der Waals surface area contributed by atoms with Gasteiger partial charge in [-0.1, -0.05) is 211 Å². The van der Waals surface area contributed by atoms with E-state index >= 15 is 0 Å². The summed E-state index contributed by atoms with van der Waals surface area (Å²) < 4.78 is 5.47. The molecule has 352 valence electrons. The van der Waals surface area contributed by atoms with Crippen LogP contribution in [-0.2, 0) is 14.3 Å². The quantitative estimate of drug-likeness (QED) is 0.0322. The van der Waals surface area contributed by atoms with Gasteiger partial charge >= 0.3 is 5.97 Å². The summed E-state index contributed by atoms with van der Waals surface area (Å²) in [6.45, 7) is 4.84. The first-order valence-corrected chi connectivity index (χ1v) is 26.3. The predicted molar refractivity (Wildman–Crippen MR) is 259 cm³/mol. The van der Waals surface area contributed by atoms with Gasteiger partial charge in [0.2, 0.25) is 5.91 Å². The largest absolute Gasteiger partial charge is 0.466 e. The summed E-state index contributed by atoms with van der Waals surface area (Å²) in [5.41, 5.74) is 0.